The smallest absolute Gasteiger partial charge is 0.204 e. The molecule has 0 aliphatic carbocycles. The van der Waals surface area contributed by atoms with Crippen molar-refractivity contribution in [2.24, 2.45) is 0 Å². The van der Waals surface area contributed by atoms with Crippen molar-refractivity contribution in [3.8, 4) is 5.75 Å². The van der Waals surface area contributed by atoms with Gasteiger partial charge >= 0.3 is 0 Å². The van der Waals surface area contributed by atoms with Crippen molar-refractivity contribution in [2.75, 3.05) is 0 Å². The second-order valence-corrected chi connectivity index (χ2v) is 4.35. The molecule has 0 bridgehead atoms. The first-order valence-electron chi connectivity index (χ1n) is 5.56. The first kappa shape index (κ1) is 14.5. The molecule has 0 aliphatic heterocycles. The molecule has 0 saturated heterocycles. The molecule has 2 aromatic carbocycles. The van der Waals surface area contributed by atoms with Crippen LogP contribution in [0.5, 0.6) is 5.75 Å². The number of rotatable bonds is 2. The number of ether oxygens (including phenoxy) is 1. The summed E-state index contributed by atoms with van der Waals surface area (Å²) < 4.78 is 85.6. The predicted molar refractivity (Wildman–Crippen MR) is 59.5 cm³/mol. The second kappa shape index (κ2) is 4.88. The number of benzene rings is 2. The molecule has 0 saturated carbocycles. The lowest BCUT2D eigenvalue weighted by Gasteiger charge is -2.14. The summed E-state index contributed by atoms with van der Waals surface area (Å²) >= 11 is 0. The first-order valence-corrected chi connectivity index (χ1v) is 5.56. The van der Waals surface area contributed by atoms with Gasteiger partial charge in [-0.1, -0.05) is 0 Å². The summed E-state index contributed by atoms with van der Waals surface area (Å²) in [5.74, 6) is -11.9. The molecule has 0 N–H and O–H groups in total. The zero-order valence-corrected chi connectivity index (χ0v) is 10.3. The van der Waals surface area contributed by atoms with Crippen LogP contribution in [0.2, 0.25) is 0 Å². The molecule has 0 heterocycles. The summed E-state index contributed by atoms with van der Waals surface area (Å²) in [7, 11) is 0. The van der Waals surface area contributed by atoms with Crippen molar-refractivity contribution in [1.82, 2.24) is 0 Å². The van der Waals surface area contributed by atoms with Crippen LogP contribution in [0.4, 0.5) is 26.3 Å². The molecule has 0 unspecified atom stereocenters. The van der Waals surface area contributed by atoms with Gasteiger partial charge in [0.05, 0.1) is 11.5 Å². The molecule has 0 aliphatic rings. The highest BCUT2D eigenvalue weighted by Gasteiger charge is 2.27. The quantitative estimate of drug-likeness (QED) is 0.451. The Kier molecular flexibility index (Phi) is 3.54. The largest absolute Gasteiger partial charge is 0.485 e. The van der Waals surface area contributed by atoms with E-state index in [1.165, 1.54) is 13.8 Å². The van der Waals surface area contributed by atoms with E-state index in [1.54, 1.807) is 0 Å². The molecule has 0 fully saturated rings. The Hall–Kier alpha value is -1.92. The monoisotopic (exact) mass is 294 g/mol. The van der Waals surface area contributed by atoms with Gasteiger partial charge in [-0.15, -0.1) is 0 Å². The van der Waals surface area contributed by atoms with E-state index in [2.05, 4.69) is 0 Å². The van der Waals surface area contributed by atoms with E-state index < -0.39 is 57.5 Å². The summed E-state index contributed by atoms with van der Waals surface area (Å²) in [5.41, 5.74) is 0. The van der Waals surface area contributed by atoms with Crippen molar-refractivity contribution in [3.05, 3.63) is 41.0 Å². The fourth-order valence-corrected chi connectivity index (χ4v) is 1.75. The molecular formula is C13H8F6O. The molecule has 2 aromatic rings. The highest BCUT2D eigenvalue weighted by molar-refractivity contribution is 5.86. The summed E-state index contributed by atoms with van der Waals surface area (Å²) in [4.78, 5) is 0. The fraction of sp³-hybridized carbons (Fsp3) is 0.231. The van der Waals surface area contributed by atoms with Crippen LogP contribution in [-0.4, -0.2) is 6.10 Å². The van der Waals surface area contributed by atoms with Crippen LogP contribution in [0.15, 0.2) is 6.07 Å². The van der Waals surface area contributed by atoms with Gasteiger partial charge in [-0.2, -0.15) is 4.39 Å². The Morgan fingerprint density at radius 2 is 1.35 bits per heavy atom. The highest BCUT2D eigenvalue weighted by atomic mass is 19.2. The van der Waals surface area contributed by atoms with Crippen LogP contribution in [-0.2, 0) is 0 Å². The SMILES string of the molecule is CC(C)Oc1c(F)c(F)c2c(F)c(F)c(F)cc2c1F. The maximum Gasteiger partial charge on any atom is 0.204 e. The molecule has 20 heavy (non-hydrogen) atoms. The van der Waals surface area contributed by atoms with Crippen LogP contribution in [0.25, 0.3) is 10.8 Å². The zero-order valence-electron chi connectivity index (χ0n) is 10.3. The molecule has 0 amide bonds. The van der Waals surface area contributed by atoms with Crippen LogP contribution in [0, 0.1) is 34.9 Å². The minimum absolute atomic E-state index is 0.249. The Morgan fingerprint density at radius 3 is 1.90 bits per heavy atom. The minimum Gasteiger partial charge on any atom is -0.485 e. The average Bonchev–Trinajstić information content (AvgIpc) is 2.38. The number of hydrogen-bond acceptors (Lipinski definition) is 1. The van der Waals surface area contributed by atoms with Gasteiger partial charge in [0.25, 0.3) is 0 Å². The fourth-order valence-electron chi connectivity index (χ4n) is 1.75. The van der Waals surface area contributed by atoms with Gasteiger partial charge in [-0.3, -0.25) is 0 Å². The van der Waals surface area contributed by atoms with Gasteiger partial charge in [0.15, 0.2) is 34.8 Å². The Balaban J connectivity index is 2.93. The minimum atomic E-state index is -2.01. The lowest BCUT2D eigenvalue weighted by atomic mass is 10.1. The molecule has 0 atom stereocenters. The Morgan fingerprint density at radius 1 is 0.800 bits per heavy atom. The second-order valence-electron chi connectivity index (χ2n) is 4.35. The standard InChI is InChI=1S/C13H8F6O/c1-4(2)20-13-8(15)5-3-6(14)9(16)10(17)7(5)11(18)12(13)19/h3-4H,1-2H3. The molecule has 1 nitrogen and oxygen atoms in total. The lowest BCUT2D eigenvalue weighted by Crippen LogP contribution is -2.11. The third kappa shape index (κ3) is 2.07. The van der Waals surface area contributed by atoms with Crippen molar-refractivity contribution in [2.45, 2.75) is 20.0 Å². The van der Waals surface area contributed by atoms with Gasteiger partial charge < -0.3 is 4.74 Å². The van der Waals surface area contributed by atoms with E-state index >= 15 is 0 Å². The lowest BCUT2D eigenvalue weighted by molar-refractivity contribution is 0.217. The van der Waals surface area contributed by atoms with Gasteiger partial charge in [0.2, 0.25) is 5.82 Å². The molecule has 0 spiro atoms. The van der Waals surface area contributed by atoms with Crippen LogP contribution >= 0.6 is 0 Å². The van der Waals surface area contributed by atoms with Crippen LogP contribution in [0.1, 0.15) is 13.8 Å². The van der Waals surface area contributed by atoms with E-state index in [4.69, 9.17) is 4.74 Å². The topological polar surface area (TPSA) is 9.23 Å². The van der Waals surface area contributed by atoms with E-state index in [9.17, 15) is 26.3 Å². The molecule has 2 rings (SSSR count). The van der Waals surface area contributed by atoms with Crippen molar-refractivity contribution < 1.29 is 31.1 Å². The maximum atomic E-state index is 14.0. The van der Waals surface area contributed by atoms with E-state index in [0.717, 1.165) is 0 Å². The van der Waals surface area contributed by atoms with E-state index in [0.29, 0.717) is 0 Å². The molecule has 7 heteroatoms. The Labute approximate surface area is 109 Å². The van der Waals surface area contributed by atoms with Crippen molar-refractivity contribution in [1.29, 1.82) is 0 Å². The van der Waals surface area contributed by atoms with Gasteiger partial charge in [-0.05, 0) is 19.9 Å². The maximum absolute atomic E-state index is 14.0. The van der Waals surface area contributed by atoms with E-state index in [-0.39, 0.29) is 6.07 Å². The van der Waals surface area contributed by atoms with Gasteiger partial charge in [-0.25, -0.2) is 22.0 Å². The van der Waals surface area contributed by atoms with Crippen molar-refractivity contribution >= 4 is 10.8 Å². The van der Waals surface area contributed by atoms with Crippen LogP contribution in [0.3, 0.4) is 0 Å². The average molecular weight is 294 g/mol. The predicted octanol–water partition coefficient (Wildman–Crippen LogP) is 4.46. The summed E-state index contributed by atoms with van der Waals surface area (Å²) in [6.45, 7) is 2.85. The molecular weight excluding hydrogens is 286 g/mol. The highest BCUT2D eigenvalue weighted by Crippen LogP contribution is 2.36. The van der Waals surface area contributed by atoms with E-state index in [1.807, 2.05) is 0 Å². The summed E-state index contributed by atoms with van der Waals surface area (Å²) in [6.07, 6.45) is -0.703. The third-order valence-electron chi connectivity index (χ3n) is 2.56. The molecule has 0 radical (unpaired) electrons. The number of hydrogen-bond donors (Lipinski definition) is 0. The van der Waals surface area contributed by atoms with Gasteiger partial charge in [0.1, 0.15) is 0 Å². The third-order valence-corrected chi connectivity index (χ3v) is 2.56. The zero-order chi connectivity index (χ0) is 15.2. The summed E-state index contributed by atoms with van der Waals surface area (Å²) in [5, 5.41) is -2.23. The van der Waals surface area contributed by atoms with Crippen molar-refractivity contribution in [3.63, 3.8) is 0 Å². The first-order chi connectivity index (χ1) is 9.25. The Bertz CT molecular complexity index is 696. The van der Waals surface area contributed by atoms with Gasteiger partial charge in [0, 0.05) is 5.39 Å². The van der Waals surface area contributed by atoms with Crippen LogP contribution < -0.4 is 4.74 Å². The molecule has 108 valence electrons. The number of fused-ring (bicyclic) bond motifs is 1. The number of halogens is 6. The normalized spacial score (nSPS) is 11.4. The summed E-state index contributed by atoms with van der Waals surface area (Å²) in [6, 6.07) is 0.249. The molecule has 0 aromatic heterocycles.